The lowest BCUT2D eigenvalue weighted by Gasteiger charge is -2.26. The fourth-order valence-corrected chi connectivity index (χ4v) is 2.11. The van der Waals surface area contributed by atoms with E-state index < -0.39 is 0 Å². The average Bonchev–Trinajstić information content (AvgIpc) is 2.33. The van der Waals surface area contributed by atoms with Gasteiger partial charge in [0.25, 0.3) is 0 Å². The summed E-state index contributed by atoms with van der Waals surface area (Å²) in [4.78, 5) is 6.66. The van der Waals surface area contributed by atoms with Crippen LogP contribution in [0.25, 0.3) is 0 Å². The number of aliphatic imine (C=N–C) groups is 1. The van der Waals surface area contributed by atoms with Gasteiger partial charge in [-0.3, -0.25) is 0 Å². The molecule has 0 saturated carbocycles. The summed E-state index contributed by atoms with van der Waals surface area (Å²) in [7, 11) is 2.07. The smallest absolute Gasteiger partial charge is 0.198 e. The molecule has 1 fully saturated rings. The van der Waals surface area contributed by atoms with Crippen LogP contribution in [0.2, 0.25) is 0 Å². The molecule has 1 N–H and O–H groups in total. The van der Waals surface area contributed by atoms with Crippen LogP contribution in [0, 0.1) is 0 Å². The highest BCUT2D eigenvalue weighted by molar-refractivity contribution is 7.80. The summed E-state index contributed by atoms with van der Waals surface area (Å²) in [5, 5.41) is 3.67. The summed E-state index contributed by atoms with van der Waals surface area (Å²) in [6, 6.07) is 9.90. The Labute approximate surface area is 108 Å². The average molecular weight is 247 g/mol. The van der Waals surface area contributed by atoms with Gasteiger partial charge in [0.1, 0.15) is 5.84 Å². The highest BCUT2D eigenvalue weighted by Gasteiger charge is 2.12. The Hall–Kier alpha value is -1.42. The highest BCUT2D eigenvalue weighted by Crippen LogP contribution is 2.11. The number of benzene rings is 1. The number of nitrogens with zero attached hydrogens (tertiary/aromatic N) is 2. The topological polar surface area (TPSA) is 27.6 Å². The van der Waals surface area contributed by atoms with Gasteiger partial charge in [-0.15, -0.1) is 0 Å². The van der Waals surface area contributed by atoms with Gasteiger partial charge in [-0.25, -0.2) is 4.99 Å². The summed E-state index contributed by atoms with van der Waals surface area (Å²) in [6.07, 6.45) is 3.47. The van der Waals surface area contributed by atoms with Crippen LogP contribution in [0.4, 0.5) is 5.69 Å². The SMILES string of the molecule is CN1CCCC/C1=N\C(=S)Nc1ccccc1. The fraction of sp³-hybridized carbons (Fsp3) is 0.385. The number of hydrogen-bond acceptors (Lipinski definition) is 1. The molecular formula is C13H17N3S. The first-order valence-electron chi connectivity index (χ1n) is 5.90. The van der Waals surface area contributed by atoms with Crippen LogP contribution in [0.3, 0.4) is 0 Å². The third-order valence-electron chi connectivity index (χ3n) is 2.84. The maximum absolute atomic E-state index is 5.24. The molecule has 0 atom stereocenters. The molecule has 1 heterocycles. The van der Waals surface area contributed by atoms with Crippen molar-refractivity contribution < 1.29 is 0 Å². The number of anilines is 1. The Balaban J connectivity index is 1.99. The highest BCUT2D eigenvalue weighted by atomic mass is 32.1. The number of nitrogens with one attached hydrogen (secondary N) is 1. The molecule has 0 radical (unpaired) electrons. The molecule has 1 aromatic carbocycles. The maximum Gasteiger partial charge on any atom is 0.198 e. The van der Waals surface area contributed by atoms with E-state index in [1.54, 1.807) is 0 Å². The minimum atomic E-state index is 0.542. The van der Waals surface area contributed by atoms with Gasteiger partial charge in [0.05, 0.1) is 0 Å². The van der Waals surface area contributed by atoms with Crippen molar-refractivity contribution in [2.45, 2.75) is 19.3 Å². The Morgan fingerprint density at radius 1 is 1.29 bits per heavy atom. The molecule has 0 spiro atoms. The molecule has 4 heteroatoms. The van der Waals surface area contributed by atoms with Crippen molar-refractivity contribution in [1.29, 1.82) is 0 Å². The van der Waals surface area contributed by atoms with Crippen molar-refractivity contribution in [2.75, 3.05) is 18.9 Å². The monoisotopic (exact) mass is 247 g/mol. The summed E-state index contributed by atoms with van der Waals surface area (Å²) < 4.78 is 0. The van der Waals surface area contributed by atoms with Crippen molar-refractivity contribution >= 4 is 28.9 Å². The van der Waals surface area contributed by atoms with Crippen molar-refractivity contribution in [1.82, 2.24) is 4.90 Å². The molecule has 0 aliphatic carbocycles. The molecule has 0 unspecified atom stereocenters. The van der Waals surface area contributed by atoms with Crippen LogP contribution in [0.1, 0.15) is 19.3 Å². The zero-order valence-corrected chi connectivity index (χ0v) is 10.8. The molecule has 2 rings (SSSR count). The van der Waals surface area contributed by atoms with Gasteiger partial charge < -0.3 is 10.2 Å². The predicted octanol–water partition coefficient (Wildman–Crippen LogP) is 2.90. The van der Waals surface area contributed by atoms with Crippen LogP contribution >= 0.6 is 12.2 Å². The predicted molar refractivity (Wildman–Crippen MR) is 76.6 cm³/mol. The van der Waals surface area contributed by atoms with E-state index in [0.717, 1.165) is 24.5 Å². The van der Waals surface area contributed by atoms with Gasteiger partial charge in [-0.1, -0.05) is 18.2 Å². The molecule has 0 aromatic heterocycles. The van der Waals surface area contributed by atoms with Crippen molar-refractivity contribution in [3.63, 3.8) is 0 Å². The van der Waals surface area contributed by atoms with Gasteiger partial charge in [0.2, 0.25) is 0 Å². The number of likely N-dealkylation sites (tertiary alicyclic amines) is 1. The minimum Gasteiger partial charge on any atom is -0.363 e. The molecule has 90 valence electrons. The first-order valence-corrected chi connectivity index (χ1v) is 6.31. The number of piperidine rings is 1. The van der Waals surface area contributed by atoms with Crippen LogP contribution in [-0.2, 0) is 0 Å². The van der Waals surface area contributed by atoms with Gasteiger partial charge in [0, 0.05) is 25.7 Å². The molecule has 1 aromatic rings. The van der Waals surface area contributed by atoms with Crippen LogP contribution in [0.15, 0.2) is 35.3 Å². The molecule has 17 heavy (non-hydrogen) atoms. The van der Waals surface area contributed by atoms with E-state index in [1.165, 1.54) is 12.8 Å². The van der Waals surface area contributed by atoms with Crippen LogP contribution in [0.5, 0.6) is 0 Å². The summed E-state index contributed by atoms with van der Waals surface area (Å²) in [5.74, 6) is 1.09. The zero-order valence-electron chi connectivity index (χ0n) is 10.0. The Kier molecular flexibility index (Phi) is 4.09. The molecule has 1 aliphatic heterocycles. The molecule has 0 amide bonds. The van der Waals surface area contributed by atoms with E-state index in [-0.39, 0.29) is 0 Å². The second-order valence-corrected chi connectivity index (χ2v) is 4.59. The minimum absolute atomic E-state index is 0.542. The first kappa shape index (κ1) is 12.0. The largest absolute Gasteiger partial charge is 0.363 e. The Morgan fingerprint density at radius 3 is 2.76 bits per heavy atom. The Morgan fingerprint density at radius 2 is 2.06 bits per heavy atom. The number of hydrogen-bond donors (Lipinski definition) is 1. The van der Waals surface area contributed by atoms with E-state index in [1.807, 2.05) is 30.3 Å². The van der Waals surface area contributed by atoms with Gasteiger partial charge in [-0.2, -0.15) is 0 Å². The first-order chi connectivity index (χ1) is 8.25. The second kappa shape index (κ2) is 5.77. The standard InChI is InChI=1S/C13H17N3S/c1-16-10-6-5-9-12(16)15-13(17)14-11-7-3-2-4-8-11/h2-4,7-8H,5-6,9-10H2,1H3,(H,14,17)/b15-12+. The lowest BCUT2D eigenvalue weighted by atomic mass is 10.1. The molecule has 3 nitrogen and oxygen atoms in total. The summed E-state index contributed by atoms with van der Waals surface area (Å²) in [6.45, 7) is 1.08. The second-order valence-electron chi connectivity index (χ2n) is 4.20. The number of thiocarbonyl (C=S) groups is 1. The van der Waals surface area contributed by atoms with E-state index in [4.69, 9.17) is 12.2 Å². The summed E-state index contributed by atoms with van der Waals surface area (Å²) >= 11 is 5.24. The van der Waals surface area contributed by atoms with Crippen LogP contribution < -0.4 is 5.32 Å². The van der Waals surface area contributed by atoms with E-state index in [0.29, 0.717) is 5.11 Å². The number of rotatable bonds is 1. The normalized spacial score (nSPS) is 18.2. The molecular weight excluding hydrogens is 230 g/mol. The lowest BCUT2D eigenvalue weighted by molar-refractivity contribution is 0.435. The quantitative estimate of drug-likeness (QED) is 0.773. The number of para-hydroxylation sites is 1. The molecule has 1 saturated heterocycles. The van der Waals surface area contributed by atoms with Gasteiger partial charge >= 0.3 is 0 Å². The fourth-order valence-electron chi connectivity index (χ4n) is 1.88. The van der Waals surface area contributed by atoms with E-state index in [2.05, 4.69) is 22.3 Å². The summed E-state index contributed by atoms with van der Waals surface area (Å²) in [5.41, 5.74) is 0.986. The van der Waals surface area contributed by atoms with E-state index >= 15 is 0 Å². The molecule has 0 bridgehead atoms. The van der Waals surface area contributed by atoms with Crippen molar-refractivity contribution in [3.8, 4) is 0 Å². The number of amidine groups is 1. The van der Waals surface area contributed by atoms with Gasteiger partial charge in [0.15, 0.2) is 5.11 Å². The Bertz CT molecular complexity index is 414. The van der Waals surface area contributed by atoms with Crippen molar-refractivity contribution in [2.24, 2.45) is 4.99 Å². The van der Waals surface area contributed by atoms with Gasteiger partial charge in [-0.05, 0) is 37.2 Å². The van der Waals surface area contributed by atoms with Crippen molar-refractivity contribution in [3.05, 3.63) is 30.3 Å². The third kappa shape index (κ3) is 3.53. The third-order valence-corrected chi connectivity index (χ3v) is 3.03. The zero-order chi connectivity index (χ0) is 12.1. The molecule has 1 aliphatic rings. The maximum atomic E-state index is 5.24. The van der Waals surface area contributed by atoms with E-state index in [9.17, 15) is 0 Å². The lowest BCUT2D eigenvalue weighted by Crippen LogP contribution is -2.32. The van der Waals surface area contributed by atoms with Crippen LogP contribution in [-0.4, -0.2) is 29.4 Å².